The Morgan fingerprint density at radius 3 is 1.85 bits per heavy atom. The van der Waals surface area contributed by atoms with Crippen LogP contribution in [0.1, 0.15) is 16.8 Å². The number of hydrogen-bond acceptors (Lipinski definition) is 3. The first-order chi connectivity index (χ1) is 9.93. The molecule has 0 N–H and O–H groups in total. The number of hydrogen-bond donors (Lipinski definition) is 0. The first kappa shape index (κ1) is 12.2. The maximum Gasteiger partial charge on any atom is 0.0897 e. The predicted molar refractivity (Wildman–Crippen MR) is 79.7 cm³/mol. The zero-order chi connectivity index (χ0) is 13.6. The Bertz CT molecular complexity index is 651. The van der Waals surface area contributed by atoms with Crippen molar-refractivity contribution in [3.05, 3.63) is 89.7 Å². The van der Waals surface area contributed by atoms with Crippen LogP contribution in [-0.2, 0) is 0 Å². The van der Waals surface area contributed by atoms with E-state index < -0.39 is 0 Å². The summed E-state index contributed by atoms with van der Waals surface area (Å²) >= 11 is 0. The highest BCUT2D eigenvalue weighted by molar-refractivity contribution is 5.90. The van der Waals surface area contributed by atoms with Gasteiger partial charge in [-0.2, -0.15) is 0 Å². The molecule has 3 nitrogen and oxygen atoms in total. The average Bonchev–Trinajstić information content (AvgIpc) is 2.55. The molecule has 0 saturated carbocycles. The molecule has 0 amide bonds. The van der Waals surface area contributed by atoms with Gasteiger partial charge in [0.25, 0.3) is 0 Å². The minimum absolute atomic E-state index is 0.794. The molecule has 0 fully saturated rings. The first-order valence-corrected chi connectivity index (χ1v) is 6.40. The molecule has 20 heavy (non-hydrogen) atoms. The largest absolute Gasteiger partial charge is 0.139 e. The molecule has 0 unspecified atom stereocenters. The van der Waals surface area contributed by atoms with E-state index in [-0.39, 0.29) is 0 Å². The van der Waals surface area contributed by atoms with Crippen LogP contribution in [0.2, 0.25) is 0 Å². The average molecular weight is 259 g/mol. The van der Waals surface area contributed by atoms with Crippen LogP contribution >= 0.6 is 0 Å². The highest BCUT2D eigenvalue weighted by Gasteiger charge is 2.05. The van der Waals surface area contributed by atoms with Crippen LogP contribution in [0.4, 0.5) is 0 Å². The highest BCUT2D eigenvalue weighted by atomic mass is 15.3. The first-order valence-electron chi connectivity index (χ1n) is 6.40. The van der Waals surface area contributed by atoms with Gasteiger partial charge in [0.2, 0.25) is 0 Å². The molecule has 0 aliphatic rings. The topological polar surface area (TPSA) is 38.7 Å². The molecule has 3 aromatic rings. The number of aromatic nitrogens is 3. The zero-order valence-electron chi connectivity index (χ0n) is 10.8. The summed E-state index contributed by atoms with van der Waals surface area (Å²) in [6.45, 7) is 0. The highest BCUT2D eigenvalue weighted by Crippen LogP contribution is 2.24. The third-order valence-electron chi connectivity index (χ3n) is 2.99. The van der Waals surface area contributed by atoms with E-state index in [9.17, 15) is 0 Å². The maximum atomic E-state index is 4.03. The molecular weight excluding hydrogens is 246 g/mol. The lowest BCUT2D eigenvalue weighted by Crippen LogP contribution is -1.91. The molecule has 3 heteroatoms. The summed E-state index contributed by atoms with van der Waals surface area (Å²) in [4.78, 5) is 0. The molecule has 0 bridgehead atoms. The van der Waals surface area contributed by atoms with E-state index in [0.717, 1.165) is 22.4 Å². The third-order valence-corrected chi connectivity index (χ3v) is 2.99. The van der Waals surface area contributed by atoms with Crippen molar-refractivity contribution in [2.75, 3.05) is 0 Å². The normalized spacial score (nSPS) is 10.0. The molecule has 0 spiro atoms. The molecule has 3 rings (SSSR count). The minimum atomic E-state index is 0.794. The van der Waals surface area contributed by atoms with Gasteiger partial charge in [-0.3, -0.25) is 0 Å². The summed E-state index contributed by atoms with van der Waals surface area (Å²) in [5, 5.41) is 11.4. The number of rotatable bonds is 3. The molecule has 1 aromatic heterocycles. The second-order valence-electron chi connectivity index (χ2n) is 4.34. The van der Waals surface area contributed by atoms with Crippen molar-refractivity contribution in [2.45, 2.75) is 0 Å². The van der Waals surface area contributed by atoms with Gasteiger partial charge in [-0.15, -0.1) is 10.2 Å². The van der Waals surface area contributed by atoms with Gasteiger partial charge in [0, 0.05) is 0 Å². The molecule has 0 aliphatic carbocycles. The van der Waals surface area contributed by atoms with Gasteiger partial charge in [0.15, 0.2) is 0 Å². The molecular formula is C17H13N3. The van der Waals surface area contributed by atoms with Gasteiger partial charge < -0.3 is 0 Å². The van der Waals surface area contributed by atoms with Gasteiger partial charge in [-0.25, -0.2) is 0 Å². The Kier molecular flexibility index (Phi) is 3.60. The lowest BCUT2D eigenvalue weighted by Gasteiger charge is -2.08. The molecule has 1 heterocycles. The van der Waals surface area contributed by atoms with Crippen LogP contribution in [0.3, 0.4) is 0 Å². The Hall–Kier alpha value is -2.81. The van der Waals surface area contributed by atoms with Crippen LogP contribution in [0.5, 0.6) is 0 Å². The Balaban J connectivity index is 2.12. The maximum absolute atomic E-state index is 4.03. The fourth-order valence-electron chi connectivity index (χ4n) is 2.04. The van der Waals surface area contributed by atoms with E-state index >= 15 is 0 Å². The van der Waals surface area contributed by atoms with Crippen molar-refractivity contribution in [3.8, 4) is 0 Å². The predicted octanol–water partition coefficient (Wildman–Crippen LogP) is 3.46. The Morgan fingerprint density at radius 2 is 1.35 bits per heavy atom. The van der Waals surface area contributed by atoms with Gasteiger partial charge in [-0.05, 0) is 34.1 Å². The Labute approximate surface area is 117 Å². The summed E-state index contributed by atoms with van der Waals surface area (Å²) in [6, 6.07) is 22.4. The van der Waals surface area contributed by atoms with Gasteiger partial charge in [0.05, 0.1) is 11.9 Å². The van der Waals surface area contributed by atoms with E-state index in [1.165, 1.54) is 0 Å². The quantitative estimate of drug-likeness (QED) is 0.723. The SMILES string of the molecule is C(=C(c1ccccc1)c1ccccc1)c1ccnnn1. The van der Waals surface area contributed by atoms with Crippen LogP contribution in [0.15, 0.2) is 72.9 Å². The molecule has 2 aromatic carbocycles. The van der Waals surface area contributed by atoms with Gasteiger partial charge >= 0.3 is 0 Å². The molecule has 96 valence electrons. The minimum Gasteiger partial charge on any atom is -0.139 e. The Morgan fingerprint density at radius 1 is 0.750 bits per heavy atom. The molecule has 0 aliphatic heterocycles. The fraction of sp³-hybridized carbons (Fsp3) is 0. The lowest BCUT2D eigenvalue weighted by molar-refractivity contribution is 0.857. The number of benzene rings is 2. The molecule has 0 radical (unpaired) electrons. The van der Waals surface area contributed by atoms with E-state index in [0.29, 0.717) is 0 Å². The lowest BCUT2D eigenvalue weighted by atomic mass is 9.97. The van der Waals surface area contributed by atoms with E-state index in [1.807, 2.05) is 48.5 Å². The van der Waals surface area contributed by atoms with Crippen LogP contribution in [0, 0.1) is 0 Å². The summed E-state index contributed by atoms with van der Waals surface area (Å²) in [5.74, 6) is 0. The van der Waals surface area contributed by atoms with Crippen LogP contribution in [-0.4, -0.2) is 15.4 Å². The number of nitrogens with zero attached hydrogens (tertiary/aromatic N) is 3. The van der Waals surface area contributed by atoms with Crippen LogP contribution in [0.25, 0.3) is 11.6 Å². The second-order valence-corrected chi connectivity index (χ2v) is 4.34. The van der Waals surface area contributed by atoms with Crippen molar-refractivity contribution in [1.82, 2.24) is 15.4 Å². The third kappa shape index (κ3) is 2.78. The van der Waals surface area contributed by atoms with Crippen molar-refractivity contribution in [2.24, 2.45) is 0 Å². The van der Waals surface area contributed by atoms with Crippen molar-refractivity contribution >= 4 is 11.6 Å². The summed E-state index contributed by atoms with van der Waals surface area (Å²) in [7, 11) is 0. The zero-order valence-corrected chi connectivity index (χ0v) is 10.8. The van der Waals surface area contributed by atoms with Crippen molar-refractivity contribution in [3.63, 3.8) is 0 Å². The fourth-order valence-corrected chi connectivity index (χ4v) is 2.04. The molecule has 0 saturated heterocycles. The van der Waals surface area contributed by atoms with Gasteiger partial charge in [-0.1, -0.05) is 60.7 Å². The summed E-state index contributed by atoms with van der Waals surface area (Å²) in [6.07, 6.45) is 3.67. The van der Waals surface area contributed by atoms with E-state index in [2.05, 4.69) is 39.7 Å². The van der Waals surface area contributed by atoms with Crippen LogP contribution < -0.4 is 0 Å². The summed E-state index contributed by atoms with van der Waals surface area (Å²) < 4.78 is 0. The van der Waals surface area contributed by atoms with Crippen molar-refractivity contribution in [1.29, 1.82) is 0 Å². The van der Waals surface area contributed by atoms with E-state index in [4.69, 9.17) is 0 Å². The second kappa shape index (κ2) is 5.89. The van der Waals surface area contributed by atoms with Gasteiger partial charge in [0.1, 0.15) is 0 Å². The summed E-state index contributed by atoms with van der Waals surface area (Å²) in [5.41, 5.74) is 4.21. The molecule has 0 atom stereocenters. The van der Waals surface area contributed by atoms with Crippen molar-refractivity contribution < 1.29 is 0 Å². The monoisotopic (exact) mass is 259 g/mol. The smallest absolute Gasteiger partial charge is 0.0897 e. The van der Waals surface area contributed by atoms with E-state index in [1.54, 1.807) is 6.20 Å². The standard InChI is InChI=1S/C17H13N3/c1-3-7-14(8-4-1)17(15-9-5-2-6-10-15)13-16-11-12-18-20-19-16/h1-13H.